The van der Waals surface area contributed by atoms with Crippen molar-refractivity contribution >= 4 is 27.7 Å². The summed E-state index contributed by atoms with van der Waals surface area (Å²) in [5.41, 5.74) is 3.81. The summed E-state index contributed by atoms with van der Waals surface area (Å²) < 4.78 is 34.2. The Morgan fingerprint density at radius 2 is 1.94 bits per heavy atom. The molecule has 0 spiro atoms. The zero-order chi connectivity index (χ0) is 24.5. The van der Waals surface area contributed by atoms with Crippen molar-refractivity contribution in [1.82, 2.24) is 4.98 Å². The molecule has 35 heavy (non-hydrogen) atoms. The van der Waals surface area contributed by atoms with Gasteiger partial charge in [-0.25, -0.2) is 17.9 Å². The lowest BCUT2D eigenvalue weighted by atomic mass is 9.68. The van der Waals surface area contributed by atoms with E-state index in [0.29, 0.717) is 23.3 Å². The van der Waals surface area contributed by atoms with Crippen molar-refractivity contribution in [3.05, 3.63) is 70.6 Å². The second kappa shape index (κ2) is 7.84. The van der Waals surface area contributed by atoms with Crippen LogP contribution in [0.4, 0.5) is 11.7 Å². The fourth-order valence-electron chi connectivity index (χ4n) is 6.52. The van der Waals surface area contributed by atoms with E-state index < -0.39 is 16.0 Å². The highest BCUT2D eigenvalue weighted by molar-refractivity contribution is 7.92. The summed E-state index contributed by atoms with van der Waals surface area (Å²) in [6, 6.07) is 12.3. The molecular weight excluding hydrogens is 466 g/mol. The molecule has 0 radical (unpaired) electrons. The van der Waals surface area contributed by atoms with Crippen molar-refractivity contribution in [3.8, 4) is 0 Å². The predicted octanol–water partition coefficient (Wildman–Crippen LogP) is 5.09. The van der Waals surface area contributed by atoms with Gasteiger partial charge in [-0.15, -0.1) is 0 Å². The normalized spacial score (nSPS) is 26.6. The van der Waals surface area contributed by atoms with E-state index in [1.165, 1.54) is 0 Å². The molecule has 0 amide bonds. The van der Waals surface area contributed by atoms with E-state index in [9.17, 15) is 18.3 Å². The topological polar surface area (TPSA) is 122 Å². The molecule has 8 nitrogen and oxygen atoms in total. The van der Waals surface area contributed by atoms with Gasteiger partial charge in [0, 0.05) is 5.69 Å². The molecule has 0 saturated heterocycles. The summed E-state index contributed by atoms with van der Waals surface area (Å²) in [5.74, 6) is 1.17. The zero-order valence-electron chi connectivity index (χ0n) is 19.5. The third-order valence-corrected chi connectivity index (χ3v) is 9.43. The summed E-state index contributed by atoms with van der Waals surface area (Å²) in [7, 11) is -3.87. The Hall–Kier alpha value is -3.33. The standard InChI is InChI=1S/C26H27N3O5S/c1-13-14(2)34-26(27-13)29-35(32,33)19-8-9-21-20(12-19)22-15-6-7-16(10-15)23(22)24(28-21)17-4-3-5-18(11-17)25(30)31/h3-5,8-9,11-12,15-16,22-24,28H,6-7,10H2,1-2H3,(H,27,29)(H,30,31)/t15-,16+,22-,23+,24+/m1/s1. The number of carboxylic acid groups (broad SMARTS) is 1. The van der Waals surface area contributed by atoms with Crippen LogP contribution in [0.3, 0.4) is 0 Å². The minimum atomic E-state index is -3.87. The van der Waals surface area contributed by atoms with Gasteiger partial charge in [0.05, 0.1) is 22.2 Å². The van der Waals surface area contributed by atoms with Crippen molar-refractivity contribution in [2.24, 2.45) is 17.8 Å². The zero-order valence-corrected chi connectivity index (χ0v) is 20.3. The predicted molar refractivity (Wildman–Crippen MR) is 130 cm³/mol. The first-order valence-corrected chi connectivity index (χ1v) is 13.4. The Morgan fingerprint density at radius 1 is 1.14 bits per heavy atom. The smallest absolute Gasteiger partial charge is 0.335 e. The molecule has 2 saturated carbocycles. The molecule has 3 aliphatic rings. The van der Waals surface area contributed by atoms with E-state index in [1.54, 1.807) is 44.2 Å². The van der Waals surface area contributed by atoms with Crippen LogP contribution in [0.15, 0.2) is 51.8 Å². The van der Waals surface area contributed by atoms with Crippen LogP contribution in [-0.4, -0.2) is 24.5 Å². The fourth-order valence-corrected chi connectivity index (χ4v) is 7.48. The summed E-state index contributed by atoms with van der Waals surface area (Å²) in [5, 5.41) is 13.1. The molecule has 2 bridgehead atoms. The van der Waals surface area contributed by atoms with Gasteiger partial charge in [0.1, 0.15) is 5.76 Å². The molecule has 2 aromatic carbocycles. The lowest BCUT2D eigenvalue weighted by Crippen LogP contribution is -2.35. The van der Waals surface area contributed by atoms with Gasteiger partial charge in [0.2, 0.25) is 0 Å². The first-order chi connectivity index (χ1) is 16.7. The number of carbonyl (C=O) groups is 1. The van der Waals surface area contributed by atoms with Crippen molar-refractivity contribution in [3.63, 3.8) is 0 Å². The average Bonchev–Trinajstić information content (AvgIpc) is 3.53. The number of anilines is 2. The maximum Gasteiger partial charge on any atom is 0.335 e. The van der Waals surface area contributed by atoms with Gasteiger partial charge >= 0.3 is 12.0 Å². The lowest BCUT2D eigenvalue weighted by Gasteiger charge is -2.43. The van der Waals surface area contributed by atoms with Gasteiger partial charge in [-0.05, 0) is 98.2 Å². The Balaban J connectivity index is 1.38. The fraction of sp³-hybridized carbons (Fsp3) is 0.385. The molecule has 2 aliphatic carbocycles. The van der Waals surface area contributed by atoms with Crippen LogP contribution >= 0.6 is 0 Å². The highest BCUT2D eigenvalue weighted by Gasteiger charge is 2.54. The van der Waals surface area contributed by atoms with E-state index in [1.807, 2.05) is 12.1 Å². The number of hydrogen-bond donors (Lipinski definition) is 3. The number of fused-ring (bicyclic) bond motifs is 7. The van der Waals surface area contributed by atoms with Gasteiger partial charge < -0.3 is 14.8 Å². The number of oxazole rings is 1. The maximum atomic E-state index is 13.2. The molecule has 5 atom stereocenters. The monoisotopic (exact) mass is 493 g/mol. The van der Waals surface area contributed by atoms with Crippen molar-refractivity contribution in [2.75, 3.05) is 10.0 Å². The first-order valence-electron chi connectivity index (χ1n) is 11.9. The summed E-state index contributed by atoms with van der Waals surface area (Å²) >= 11 is 0. The molecule has 9 heteroatoms. The Labute approximate surface area is 203 Å². The Bertz CT molecular complexity index is 1430. The number of benzene rings is 2. The second-order valence-corrected chi connectivity index (χ2v) is 11.7. The molecule has 2 heterocycles. The highest BCUT2D eigenvalue weighted by atomic mass is 32.2. The van der Waals surface area contributed by atoms with Gasteiger partial charge in [-0.3, -0.25) is 0 Å². The van der Waals surface area contributed by atoms with Crippen LogP contribution in [0.1, 0.15) is 64.2 Å². The van der Waals surface area contributed by atoms with E-state index in [0.717, 1.165) is 36.1 Å². The van der Waals surface area contributed by atoms with Gasteiger partial charge in [0.15, 0.2) is 0 Å². The Kier molecular flexibility index (Phi) is 4.96. The van der Waals surface area contributed by atoms with Crippen molar-refractivity contribution < 1.29 is 22.7 Å². The van der Waals surface area contributed by atoms with Gasteiger partial charge in [0.25, 0.3) is 10.0 Å². The highest BCUT2D eigenvalue weighted by Crippen LogP contribution is 2.63. The number of aromatic carboxylic acids is 1. The van der Waals surface area contributed by atoms with E-state index in [2.05, 4.69) is 15.0 Å². The SMILES string of the molecule is Cc1nc(NS(=O)(=O)c2ccc3c(c2)[C@H]2[C@@H]4CC[C@@H](C4)[C@@H]2[C@H](c2cccc(C(=O)O)c2)N3)oc1C. The number of carboxylic acids is 1. The van der Waals surface area contributed by atoms with Crippen LogP contribution in [0, 0.1) is 31.6 Å². The van der Waals surface area contributed by atoms with Gasteiger partial charge in [-0.2, -0.15) is 4.98 Å². The van der Waals surface area contributed by atoms with E-state index >= 15 is 0 Å². The maximum absolute atomic E-state index is 13.2. The van der Waals surface area contributed by atoms with Crippen molar-refractivity contribution in [1.29, 1.82) is 0 Å². The number of rotatable bonds is 5. The van der Waals surface area contributed by atoms with Crippen molar-refractivity contribution in [2.45, 2.75) is 50.0 Å². The summed E-state index contributed by atoms with van der Waals surface area (Å²) in [6.45, 7) is 3.50. The molecular formula is C26H27N3O5S. The number of nitrogens with zero attached hydrogens (tertiary/aromatic N) is 1. The molecule has 1 aliphatic heterocycles. The largest absolute Gasteiger partial charge is 0.478 e. The Morgan fingerprint density at radius 3 is 2.69 bits per heavy atom. The third kappa shape index (κ3) is 3.60. The number of nitrogens with one attached hydrogen (secondary N) is 2. The first kappa shape index (κ1) is 22.2. The van der Waals surface area contributed by atoms with Gasteiger partial charge in [-0.1, -0.05) is 12.1 Å². The second-order valence-electron chi connectivity index (χ2n) is 10.0. The molecule has 2 fully saturated rings. The van der Waals surface area contributed by atoms with Crippen LogP contribution in [0.5, 0.6) is 0 Å². The molecule has 3 aromatic rings. The number of sulfonamides is 1. The number of aromatic nitrogens is 1. The molecule has 3 N–H and O–H groups in total. The quantitative estimate of drug-likeness (QED) is 0.453. The van der Waals surface area contributed by atoms with E-state index in [4.69, 9.17) is 4.42 Å². The molecule has 6 rings (SSSR count). The minimum Gasteiger partial charge on any atom is -0.478 e. The van der Waals surface area contributed by atoms with Crippen LogP contribution < -0.4 is 10.0 Å². The summed E-state index contributed by atoms with van der Waals surface area (Å²) in [4.78, 5) is 15.9. The molecule has 0 unspecified atom stereocenters. The van der Waals surface area contributed by atoms with Crippen LogP contribution in [-0.2, 0) is 10.0 Å². The molecule has 182 valence electrons. The number of hydrogen-bond acceptors (Lipinski definition) is 6. The minimum absolute atomic E-state index is 0.0130. The van der Waals surface area contributed by atoms with E-state index in [-0.39, 0.29) is 34.4 Å². The summed E-state index contributed by atoms with van der Waals surface area (Å²) in [6.07, 6.45) is 3.41. The van der Waals surface area contributed by atoms with Crippen LogP contribution in [0.25, 0.3) is 0 Å². The van der Waals surface area contributed by atoms with Crippen LogP contribution in [0.2, 0.25) is 0 Å². The average molecular weight is 494 g/mol. The molecule has 1 aromatic heterocycles. The third-order valence-electron chi connectivity index (χ3n) is 8.11. The number of aryl methyl sites for hydroxylation is 2. The lowest BCUT2D eigenvalue weighted by molar-refractivity contribution is 0.0696.